The summed E-state index contributed by atoms with van der Waals surface area (Å²) in [6, 6.07) is 6.01. The highest BCUT2D eigenvalue weighted by molar-refractivity contribution is 5.93. The Morgan fingerprint density at radius 2 is 1.84 bits per heavy atom. The van der Waals surface area contributed by atoms with E-state index in [1.807, 2.05) is 0 Å². The molecule has 204 valence electrons. The Labute approximate surface area is 222 Å². The van der Waals surface area contributed by atoms with Crippen molar-refractivity contribution in [3.8, 4) is 5.75 Å². The molecular formula is C28H36FN5O4. The topological polar surface area (TPSA) is 113 Å². The molecule has 0 spiro atoms. The van der Waals surface area contributed by atoms with Crippen LogP contribution in [0.2, 0.25) is 0 Å². The molecule has 2 heterocycles. The number of nitrogens with zero attached hydrogens (tertiary/aromatic N) is 2. The molecule has 1 aliphatic carbocycles. The first-order chi connectivity index (χ1) is 18.3. The van der Waals surface area contributed by atoms with Crippen LogP contribution >= 0.6 is 0 Å². The molecule has 0 radical (unpaired) electrons. The molecule has 1 aromatic heterocycles. The second kappa shape index (κ2) is 12.8. The molecule has 38 heavy (non-hydrogen) atoms. The van der Waals surface area contributed by atoms with Crippen LogP contribution in [-0.4, -0.2) is 72.5 Å². The summed E-state index contributed by atoms with van der Waals surface area (Å²) in [6.45, 7) is 2.70. The van der Waals surface area contributed by atoms with Crippen LogP contribution in [0.4, 0.5) is 4.39 Å². The summed E-state index contributed by atoms with van der Waals surface area (Å²) in [6.07, 6.45) is 6.61. The summed E-state index contributed by atoms with van der Waals surface area (Å²) in [4.78, 5) is 45.2. The lowest BCUT2D eigenvalue weighted by molar-refractivity contribution is -0.141. The van der Waals surface area contributed by atoms with Gasteiger partial charge in [0.1, 0.15) is 30.3 Å². The van der Waals surface area contributed by atoms with Gasteiger partial charge in [0.15, 0.2) is 0 Å². The molecule has 3 N–H and O–H groups in total. The van der Waals surface area contributed by atoms with E-state index >= 15 is 0 Å². The molecule has 9 nitrogen and oxygen atoms in total. The van der Waals surface area contributed by atoms with Crippen molar-refractivity contribution in [3.05, 3.63) is 59.7 Å². The standard InChI is InChI=1S/C28H36FN5O4/c1-18-26(35)33-23(16-19-9-12-30-13-10-19)27(36)32-11-3-4-20-7-8-22(29)17-24(20)38-15-14-31-25(21-5-6-21)28(37)34(18)2/h7-10,12-13,17-18,21,23,25,31H,3-6,11,14-16H2,1-2H3,(H,32,36)(H,33,35)/t18-,23-,25+/m1/s1. The number of carbonyl (C=O) groups excluding carboxylic acids is 3. The third-order valence-electron chi connectivity index (χ3n) is 7.16. The van der Waals surface area contributed by atoms with E-state index in [-0.39, 0.29) is 36.6 Å². The van der Waals surface area contributed by atoms with Crippen LogP contribution in [0.5, 0.6) is 5.75 Å². The summed E-state index contributed by atoms with van der Waals surface area (Å²) in [5, 5.41) is 9.05. The van der Waals surface area contributed by atoms with E-state index in [0.717, 1.165) is 24.0 Å². The van der Waals surface area contributed by atoms with Crippen LogP contribution in [0.1, 0.15) is 37.3 Å². The van der Waals surface area contributed by atoms with Crippen molar-refractivity contribution in [1.82, 2.24) is 25.8 Å². The number of halogens is 1. The molecule has 1 aliphatic heterocycles. The Balaban J connectivity index is 1.55. The Hall–Kier alpha value is -3.53. The average molecular weight is 526 g/mol. The minimum atomic E-state index is -0.822. The molecule has 0 saturated heterocycles. The Morgan fingerprint density at radius 1 is 1.08 bits per heavy atom. The molecule has 10 heteroatoms. The fourth-order valence-electron chi connectivity index (χ4n) is 4.59. The molecule has 3 atom stereocenters. The second-order valence-corrected chi connectivity index (χ2v) is 10.0. The predicted molar refractivity (Wildman–Crippen MR) is 140 cm³/mol. The predicted octanol–water partition coefficient (Wildman–Crippen LogP) is 1.60. The van der Waals surface area contributed by atoms with Gasteiger partial charge in [0.2, 0.25) is 17.7 Å². The SMILES string of the molecule is C[C@@H]1C(=O)N[C@H](Cc2ccncc2)C(=O)NCCCc2ccc(F)cc2OCCN[C@@H](C2CC2)C(=O)N1C. The number of nitrogens with one attached hydrogen (secondary N) is 3. The van der Waals surface area contributed by atoms with Crippen molar-refractivity contribution >= 4 is 17.7 Å². The number of fused-ring (bicyclic) bond motifs is 1. The van der Waals surface area contributed by atoms with Crippen molar-refractivity contribution in [2.75, 3.05) is 26.7 Å². The number of hydrogen-bond donors (Lipinski definition) is 3. The number of carbonyl (C=O) groups is 3. The first-order valence-corrected chi connectivity index (χ1v) is 13.2. The highest BCUT2D eigenvalue weighted by Crippen LogP contribution is 2.33. The fourth-order valence-corrected chi connectivity index (χ4v) is 4.59. The first kappa shape index (κ1) is 27.5. The highest BCUT2D eigenvalue weighted by Gasteiger charge is 2.39. The zero-order valence-corrected chi connectivity index (χ0v) is 21.9. The molecule has 4 rings (SSSR count). The number of amides is 3. The van der Waals surface area contributed by atoms with E-state index in [4.69, 9.17) is 4.74 Å². The van der Waals surface area contributed by atoms with Crippen LogP contribution in [0, 0.1) is 11.7 Å². The minimum absolute atomic E-state index is 0.183. The summed E-state index contributed by atoms with van der Waals surface area (Å²) in [5.74, 6) is -0.625. The van der Waals surface area contributed by atoms with Gasteiger partial charge in [-0.3, -0.25) is 19.4 Å². The third kappa shape index (κ3) is 7.28. The quantitative estimate of drug-likeness (QED) is 0.561. The van der Waals surface area contributed by atoms with Gasteiger partial charge < -0.3 is 25.6 Å². The lowest BCUT2D eigenvalue weighted by Gasteiger charge is -2.30. The summed E-state index contributed by atoms with van der Waals surface area (Å²) < 4.78 is 19.8. The van der Waals surface area contributed by atoms with Gasteiger partial charge in [0, 0.05) is 45.0 Å². The highest BCUT2D eigenvalue weighted by atomic mass is 19.1. The Morgan fingerprint density at radius 3 is 2.58 bits per heavy atom. The number of aromatic nitrogens is 1. The Kier molecular flexibility index (Phi) is 9.28. The van der Waals surface area contributed by atoms with Gasteiger partial charge in [-0.05, 0) is 67.9 Å². The van der Waals surface area contributed by atoms with Crippen molar-refractivity contribution in [1.29, 1.82) is 0 Å². The van der Waals surface area contributed by atoms with Crippen LogP contribution < -0.4 is 20.7 Å². The van der Waals surface area contributed by atoms with Crippen molar-refractivity contribution in [3.63, 3.8) is 0 Å². The molecule has 0 unspecified atom stereocenters. The smallest absolute Gasteiger partial charge is 0.243 e. The van der Waals surface area contributed by atoms with Gasteiger partial charge in [-0.25, -0.2) is 4.39 Å². The molecule has 1 saturated carbocycles. The van der Waals surface area contributed by atoms with E-state index in [1.165, 1.54) is 17.0 Å². The van der Waals surface area contributed by atoms with Gasteiger partial charge in [-0.2, -0.15) is 0 Å². The van der Waals surface area contributed by atoms with Gasteiger partial charge in [0.25, 0.3) is 0 Å². The maximum atomic E-state index is 13.9. The number of aryl methyl sites for hydroxylation is 1. The number of pyridine rings is 1. The van der Waals surface area contributed by atoms with E-state index in [0.29, 0.717) is 31.7 Å². The Bertz CT molecular complexity index is 1130. The molecule has 3 amide bonds. The third-order valence-corrected chi connectivity index (χ3v) is 7.16. The van der Waals surface area contributed by atoms with Gasteiger partial charge in [0.05, 0.1) is 6.04 Å². The summed E-state index contributed by atoms with van der Waals surface area (Å²) in [5.41, 5.74) is 1.69. The van der Waals surface area contributed by atoms with E-state index in [2.05, 4.69) is 20.9 Å². The molecule has 1 aromatic carbocycles. The summed E-state index contributed by atoms with van der Waals surface area (Å²) in [7, 11) is 1.61. The van der Waals surface area contributed by atoms with E-state index < -0.39 is 24.0 Å². The van der Waals surface area contributed by atoms with Crippen molar-refractivity contribution in [2.24, 2.45) is 5.92 Å². The van der Waals surface area contributed by atoms with E-state index in [1.54, 1.807) is 44.6 Å². The number of rotatable bonds is 3. The summed E-state index contributed by atoms with van der Waals surface area (Å²) >= 11 is 0. The van der Waals surface area contributed by atoms with Crippen molar-refractivity contribution in [2.45, 2.75) is 57.2 Å². The fraction of sp³-hybridized carbons (Fsp3) is 0.500. The maximum Gasteiger partial charge on any atom is 0.243 e. The monoisotopic (exact) mass is 525 g/mol. The number of ether oxygens (including phenoxy) is 1. The molecule has 2 aromatic rings. The zero-order valence-electron chi connectivity index (χ0n) is 21.9. The van der Waals surface area contributed by atoms with Gasteiger partial charge >= 0.3 is 0 Å². The minimum Gasteiger partial charge on any atom is -0.492 e. The molecule has 1 fully saturated rings. The number of likely N-dealkylation sites (N-methyl/N-ethyl adjacent to an activating group) is 1. The van der Waals surface area contributed by atoms with Crippen molar-refractivity contribution < 1.29 is 23.5 Å². The van der Waals surface area contributed by atoms with Crippen LogP contribution in [0.3, 0.4) is 0 Å². The second-order valence-electron chi connectivity index (χ2n) is 10.0. The van der Waals surface area contributed by atoms with Gasteiger partial charge in [-0.15, -0.1) is 0 Å². The number of benzene rings is 1. The van der Waals surface area contributed by atoms with Crippen LogP contribution in [0.25, 0.3) is 0 Å². The zero-order chi connectivity index (χ0) is 27.1. The maximum absolute atomic E-state index is 13.9. The lowest BCUT2D eigenvalue weighted by atomic mass is 10.0. The lowest BCUT2D eigenvalue weighted by Crippen LogP contribution is -2.56. The van der Waals surface area contributed by atoms with Crippen LogP contribution in [-0.2, 0) is 27.2 Å². The van der Waals surface area contributed by atoms with Gasteiger partial charge in [-0.1, -0.05) is 6.07 Å². The largest absolute Gasteiger partial charge is 0.492 e. The molecule has 0 bridgehead atoms. The normalized spacial score (nSPS) is 24.3. The first-order valence-electron chi connectivity index (χ1n) is 13.2. The van der Waals surface area contributed by atoms with Crippen LogP contribution in [0.15, 0.2) is 42.7 Å². The number of hydrogen-bond acceptors (Lipinski definition) is 6. The molecular weight excluding hydrogens is 489 g/mol. The molecule has 2 aliphatic rings. The van der Waals surface area contributed by atoms with E-state index in [9.17, 15) is 18.8 Å². The average Bonchev–Trinajstić information content (AvgIpc) is 3.75.